The lowest BCUT2D eigenvalue weighted by Gasteiger charge is -2.17. The molecule has 0 spiro atoms. The summed E-state index contributed by atoms with van der Waals surface area (Å²) in [7, 11) is 0. The van der Waals surface area contributed by atoms with Crippen molar-refractivity contribution >= 4 is 29.9 Å². The molecule has 1 aliphatic rings. The number of rotatable bonds is 7. The van der Waals surface area contributed by atoms with Crippen LogP contribution in [0, 0.1) is 12.7 Å². The van der Waals surface area contributed by atoms with E-state index >= 15 is 0 Å². The Hall–Kier alpha value is -1.90. The van der Waals surface area contributed by atoms with Crippen molar-refractivity contribution in [2.75, 3.05) is 6.54 Å². The molecule has 2 N–H and O–H groups in total. The highest BCUT2D eigenvalue weighted by atomic mass is 127. The van der Waals surface area contributed by atoms with Crippen LogP contribution in [0.4, 0.5) is 4.39 Å². The van der Waals surface area contributed by atoms with Gasteiger partial charge in [-0.1, -0.05) is 12.1 Å². The molecule has 0 atom stereocenters. The molecule has 1 saturated carbocycles. The molecule has 1 heterocycles. The number of aromatic nitrogens is 1. The van der Waals surface area contributed by atoms with E-state index in [2.05, 4.69) is 45.7 Å². The van der Waals surface area contributed by atoms with Gasteiger partial charge in [-0.15, -0.1) is 24.0 Å². The maximum absolute atomic E-state index is 13.8. The number of nitrogens with zero attached hydrogens (tertiary/aromatic N) is 2. The molecule has 0 saturated heterocycles. The van der Waals surface area contributed by atoms with Crippen molar-refractivity contribution in [1.82, 2.24) is 15.6 Å². The third-order valence-electron chi connectivity index (χ3n) is 4.83. The molecule has 0 radical (unpaired) electrons. The Kier molecular flexibility index (Phi) is 9.63. The smallest absolute Gasteiger partial charge is 0.191 e. The van der Waals surface area contributed by atoms with Gasteiger partial charge >= 0.3 is 0 Å². The number of guanidine groups is 1. The fourth-order valence-electron chi connectivity index (χ4n) is 3.31. The molecule has 158 valence electrons. The number of ether oxygens (including phenoxy) is 1. The molecule has 1 aromatic carbocycles. The van der Waals surface area contributed by atoms with Crippen molar-refractivity contribution < 1.29 is 9.13 Å². The van der Waals surface area contributed by atoms with Crippen molar-refractivity contribution in [2.45, 2.75) is 58.7 Å². The first-order valence-electron chi connectivity index (χ1n) is 10.0. The molecule has 2 aromatic rings. The lowest BCUT2D eigenvalue weighted by Crippen LogP contribution is -2.37. The molecule has 7 heteroatoms. The van der Waals surface area contributed by atoms with Gasteiger partial charge in [0, 0.05) is 18.3 Å². The second-order valence-electron chi connectivity index (χ2n) is 7.12. The predicted octanol–water partition coefficient (Wildman–Crippen LogP) is 4.72. The minimum absolute atomic E-state index is 0. The second kappa shape index (κ2) is 11.9. The van der Waals surface area contributed by atoms with Crippen molar-refractivity contribution in [3.05, 3.63) is 59.2 Å². The molecule has 29 heavy (non-hydrogen) atoms. The molecule has 3 rings (SSSR count). The van der Waals surface area contributed by atoms with E-state index in [0.29, 0.717) is 24.3 Å². The number of aliphatic imine (C=N–C) groups is 1. The Balaban J connectivity index is 0.00000300. The van der Waals surface area contributed by atoms with E-state index in [1.54, 1.807) is 12.3 Å². The normalized spacial score (nSPS) is 14.4. The van der Waals surface area contributed by atoms with Crippen molar-refractivity contribution in [3.8, 4) is 5.75 Å². The highest BCUT2D eigenvalue weighted by molar-refractivity contribution is 14.0. The quantitative estimate of drug-likeness (QED) is 0.320. The number of pyridine rings is 1. The summed E-state index contributed by atoms with van der Waals surface area (Å²) in [6.45, 7) is 5.55. The monoisotopic (exact) mass is 512 g/mol. The van der Waals surface area contributed by atoms with Crippen molar-refractivity contribution in [1.29, 1.82) is 0 Å². The summed E-state index contributed by atoms with van der Waals surface area (Å²) in [5, 5.41) is 6.34. The number of halogens is 2. The van der Waals surface area contributed by atoms with Crippen LogP contribution in [0.3, 0.4) is 0 Å². The lowest BCUT2D eigenvalue weighted by atomic mass is 10.1. The van der Waals surface area contributed by atoms with E-state index in [1.807, 2.05) is 6.92 Å². The third kappa shape index (κ3) is 7.13. The number of nitrogens with one attached hydrogen (secondary N) is 2. The largest absolute Gasteiger partial charge is 0.490 e. The summed E-state index contributed by atoms with van der Waals surface area (Å²) >= 11 is 0. The zero-order valence-electron chi connectivity index (χ0n) is 17.1. The fraction of sp³-hybridized carbons (Fsp3) is 0.455. The number of aryl methyl sites for hydroxylation is 1. The van der Waals surface area contributed by atoms with Gasteiger partial charge in [0.1, 0.15) is 11.6 Å². The summed E-state index contributed by atoms with van der Waals surface area (Å²) < 4.78 is 20.0. The van der Waals surface area contributed by atoms with Gasteiger partial charge in [-0.2, -0.15) is 0 Å². The standard InChI is InChI=1S/C22H29FN4O.HI/c1-3-24-22(27-15-20-19(23)9-6-12-25-20)26-14-17-11-10-16(2)13-21(17)28-18-7-4-5-8-18;/h6,9-13,18H,3-5,7-8,14-15H2,1-2H3,(H2,24,26,27);1H. The second-order valence-corrected chi connectivity index (χ2v) is 7.12. The first-order valence-corrected chi connectivity index (χ1v) is 10.0. The summed E-state index contributed by atoms with van der Waals surface area (Å²) in [6.07, 6.45) is 6.62. The van der Waals surface area contributed by atoms with Crippen LogP contribution in [0.25, 0.3) is 0 Å². The molecule has 0 aliphatic heterocycles. The average molecular weight is 512 g/mol. The molecule has 1 fully saturated rings. The number of benzene rings is 1. The predicted molar refractivity (Wildman–Crippen MR) is 125 cm³/mol. The van der Waals surface area contributed by atoms with Crippen molar-refractivity contribution in [2.24, 2.45) is 4.99 Å². The fourth-order valence-corrected chi connectivity index (χ4v) is 3.31. The van der Waals surface area contributed by atoms with E-state index in [4.69, 9.17) is 4.74 Å². The number of hydrogen-bond acceptors (Lipinski definition) is 3. The van der Waals surface area contributed by atoms with Crippen molar-refractivity contribution in [3.63, 3.8) is 0 Å². The maximum Gasteiger partial charge on any atom is 0.191 e. The first kappa shape index (κ1) is 23.4. The van der Waals surface area contributed by atoms with Gasteiger partial charge in [-0.25, -0.2) is 9.38 Å². The summed E-state index contributed by atoms with van der Waals surface area (Å²) in [5.74, 6) is 1.22. The Morgan fingerprint density at radius 3 is 2.76 bits per heavy atom. The first-order chi connectivity index (χ1) is 13.7. The maximum atomic E-state index is 13.8. The van der Waals surface area contributed by atoms with E-state index in [1.165, 1.54) is 24.5 Å². The van der Waals surface area contributed by atoms with Gasteiger partial charge in [-0.3, -0.25) is 4.98 Å². The molecular formula is C22H30FIN4O. The SMILES string of the molecule is CCNC(=NCc1ccc(C)cc1OC1CCCC1)NCc1ncccc1F.I. The zero-order chi connectivity index (χ0) is 19.8. The van der Waals surface area contributed by atoms with Crippen LogP contribution in [0.1, 0.15) is 49.4 Å². The van der Waals surface area contributed by atoms with Crippen LogP contribution < -0.4 is 15.4 Å². The minimum atomic E-state index is -0.323. The van der Waals surface area contributed by atoms with Gasteiger partial charge in [0.15, 0.2) is 5.96 Å². The molecule has 5 nitrogen and oxygen atoms in total. The van der Waals surface area contributed by atoms with Gasteiger partial charge in [-0.05, 0) is 63.3 Å². The molecular weight excluding hydrogens is 482 g/mol. The molecule has 1 aromatic heterocycles. The molecule has 0 amide bonds. The summed E-state index contributed by atoms with van der Waals surface area (Å²) in [4.78, 5) is 8.73. The number of hydrogen-bond donors (Lipinski definition) is 2. The Morgan fingerprint density at radius 2 is 2.03 bits per heavy atom. The van der Waals surface area contributed by atoms with Gasteiger partial charge in [0.25, 0.3) is 0 Å². The van der Waals surface area contributed by atoms with E-state index in [9.17, 15) is 4.39 Å². The minimum Gasteiger partial charge on any atom is -0.490 e. The van der Waals surface area contributed by atoms with Crippen LogP contribution >= 0.6 is 24.0 Å². The Morgan fingerprint density at radius 1 is 1.24 bits per heavy atom. The van der Waals surface area contributed by atoms with E-state index in [0.717, 1.165) is 30.7 Å². The summed E-state index contributed by atoms with van der Waals surface area (Å²) in [5.41, 5.74) is 2.60. The van der Waals surface area contributed by atoms with Crippen LogP contribution in [-0.4, -0.2) is 23.6 Å². The van der Waals surface area contributed by atoms with Gasteiger partial charge in [0.2, 0.25) is 0 Å². The lowest BCUT2D eigenvalue weighted by molar-refractivity contribution is 0.208. The molecule has 1 aliphatic carbocycles. The Bertz CT molecular complexity index is 809. The highest BCUT2D eigenvalue weighted by Gasteiger charge is 2.18. The zero-order valence-corrected chi connectivity index (χ0v) is 19.4. The van der Waals surface area contributed by atoms with Gasteiger partial charge in [0.05, 0.1) is 24.9 Å². The molecule has 0 unspecified atom stereocenters. The van der Waals surface area contributed by atoms with Crippen LogP contribution in [0.5, 0.6) is 5.75 Å². The topological polar surface area (TPSA) is 58.5 Å². The Labute approximate surface area is 189 Å². The molecule has 0 bridgehead atoms. The van der Waals surface area contributed by atoms with Crippen LogP contribution in [-0.2, 0) is 13.1 Å². The van der Waals surface area contributed by atoms with Crippen LogP contribution in [0.15, 0.2) is 41.5 Å². The highest BCUT2D eigenvalue weighted by Crippen LogP contribution is 2.28. The third-order valence-corrected chi connectivity index (χ3v) is 4.83. The summed E-state index contributed by atoms with van der Waals surface area (Å²) in [6, 6.07) is 9.24. The van der Waals surface area contributed by atoms with Crippen LogP contribution in [0.2, 0.25) is 0 Å². The van der Waals surface area contributed by atoms with Gasteiger partial charge < -0.3 is 15.4 Å². The van der Waals surface area contributed by atoms with E-state index < -0.39 is 0 Å². The average Bonchev–Trinajstić information content (AvgIpc) is 3.19. The van der Waals surface area contributed by atoms with E-state index in [-0.39, 0.29) is 36.3 Å².